The van der Waals surface area contributed by atoms with Crippen LogP contribution in [0.3, 0.4) is 0 Å². The molecule has 0 amide bonds. The molecule has 0 radical (unpaired) electrons. The molecule has 2 heteroatoms. The average Bonchev–Trinajstić information content (AvgIpc) is 2.27. The molecule has 2 N–H and O–H groups in total. The highest BCUT2D eigenvalue weighted by atomic mass is 16.3. The van der Waals surface area contributed by atoms with Crippen molar-refractivity contribution in [3.63, 3.8) is 0 Å². The van der Waals surface area contributed by atoms with Crippen molar-refractivity contribution < 1.29 is 10.2 Å². The first-order chi connectivity index (χ1) is 6.85. The van der Waals surface area contributed by atoms with Gasteiger partial charge >= 0.3 is 0 Å². The van der Waals surface area contributed by atoms with Gasteiger partial charge in [-0.05, 0) is 50.4 Å². The van der Waals surface area contributed by atoms with Crippen LogP contribution in [0.1, 0.15) is 38.5 Å². The molecule has 0 aliphatic heterocycles. The van der Waals surface area contributed by atoms with Crippen molar-refractivity contribution in [3.8, 4) is 0 Å². The first-order valence-corrected chi connectivity index (χ1v) is 5.76. The second kappa shape index (κ2) is 4.45. The van der Waals surface area contributed by atoms with Gasteiger partial charge in [-0.1, -0.05) is 11.1 Å². The van der Waals surface area contributed by atoms with Crippen LogP contribution in [0.25, 0.3) is 0 Å². The van der Waals surface area contributed by atoms with Crippen LogP contribution in [0.2, 0.25) is 0 Å². The lowest BCUT2D eigenvalue weighted by Crippen LogP contribution is -2.28. The molecular weight excluding hydrogens is 176 g/mol. The molecule has 0 saturated heterocycles. The van der Waals surface area contributed by atoms with E-state index in [-0.39, 0.29) is 13.2 Å². The molecule has 2 nitrogen and oxygen atoms in total. The molecule has 0 heterocycles. The predicted octanol–water partition coefficient (Wildman–Crippen LogP) is 1.87. The van der Waals surface area contributed by atoms with Crippen molar-refractivity contribution in [1.82, 2.24) is 0 Å². The van der Waals surface area contributed by atoms with Gasteiger partial charge in [0.1, 0.15) is 0 Å². The summed E-state index contributed by atoms with van der Waals surface area (Å²) in [7, 11) is 0. The topological polar surface area (TPSA) is 40.5 Å². The Labute approximate surface area is 85.6 Å². The molecule has 0 fully saturated rings. The molecule has 0 aromatic carbocycles. The Hall–Kier alpha value is -0.340. The first kappa shape index (κ1) is 10.2. The predicted molar refractivity (Wildman–Crippen MR) is 55.9 cm³/mol. The maximum atomic E-state index is 9.25. The Bertz CT molecular complexity index is 208. The molecule has 2 atom stereocenters. The quantitative estimate of drug-likeness (QED) is 0.662. The van der Waals surface area contributed by atoms with E-state index < -0.39 is 0 Å². The van der Waals surface area contributed by atoms with E-state index in [2.05, 4.69) is 0 Å². The molecule has 0 bridgehead atoms. The summed E-state index contributed by atoms with van der Waals surface area (Å²) < 4.78 is 0. The van der Waals surface area contributed by atoms with E-state index in [9.17, 15) is 10.2 Å². The Morgan fingerprint density at radius 3 is 1.64 bits per heavy atom. The summed E-state index contributed by atoms with van der Waals surface area (Å²) in [4.78, 5) is 0. The lowest BCUT2D eigenvalue weighted by atomic mass is 9.72. The fourth-order valence-electron chi connectivity index (χ4n) is 2.92. The maximum Gasteiger partial charge on any atom is 0.0465 e. The fourth-order valence-corrected chi connectivity index (χ4v) is 2.92. The molecule has 80 valence electrons. The molecule has 14 heavy (non-hydrogen) atoms. The Morgan fingerprint density at radius 1 is 0.857 bits per heavy atom. The van der Waals surface area contributed by atoms with Gasteiger partial charge in [-0.25, -0.2) is 0 Å². The van der Waals surface area contributed by atoms with Crippen molar-refractivity contribution in [2.45, 2.75) is 38.5 Å². The van der Waals surface area contributed by atoms with Crippen LogP contribution in [0.4, 0.5) is 0 Å². The van der Waals surface area contributed by atoms with Gasteiger partial charge in [0.2, 0.25) is 0 Å². The summed E-state index contributed by atoms with van der Waals surface area (Å²) in [6.45, 7) is 0.476. The highest BCUT2D eigenvalue weighted by molar-refractivity contribution is 5.21. The van der Waals surface area contributed by atoms with Gasteiger partial charge in [-0.2, -0.15) is 0 Å². The summed E-state index contributed by atoms with van der Waals surface area (Å²) in [5.74, 6) is 0.633. The third kappa shape index (κ3) is 1.86. The van der Waals surface area contributed by atoms with Gasteiger partial charge in [-0.15, -0.1) is 0 Å². The highest BCUT2D eigenvalue weighted by Gasteiger charge is 2.29. The van der Waals surface area contributed by atoms with Gasteiger partial charge in [0.25, 0.3) is 0 Å². The van der Waals surface area contributed by atoms with E-state index in [0.717, 1.165) is 12.8 Å². The lowest BCUT2D eigenvalue weighted by molar-refractivity contribution is 0.110. The van der Waals surface area contributed by atoms with E-state index >= 15 is 0 Å². The monoisotopic (exact) mass is 196 g/mol. The number of rotatable bonds is 2. The normalized spacial score (nSPS) is 33.0. The zero-order chi connectivity index (χ0) is 9.97. The summed E-state index contributed by atoms with van der Waals surface area (Å²) >= 11 is 0. The number of hydrogen-bond donors (Lipinski definition) is 2. The van der Waals surface area contributed by atoms with Crippen molar-refractivity contribution in [2.75, 3.05) is 13.2 Å². The molecule has 0 unspecified atom stereocenters. The first-order valence-electron chi connectivity index (χ1n) is 5.76. The highest BCUT2D eigenvalue weighted by Crippen LogP contribution is 2.40. The van der Waals surface area contributed by atoms with Gasteiger partial charge in [-0.3, -0.25) is 0 Å². The molecule has 2 aliphatic rings. The van der Waals surface area contributed by atoms with E-state index in [1.807, 2.05) is 0 Å². The summed E-state index contributed by atoms with van der Waals surface area (Å²) in [6.07, 6.45) is 7.20. The van der Waals surface area contributed by atoms with Crippen LogP contribution in [0.15, 0.2) is 11.1 Å². The van der Waals surface area contributed by atoms with Crippen molar-refractivity contribution in [2.24, 2.45) is 11.8 Å². The van der Waals surface area contributed by atoms with Gasteiger partial charge in [0, 0.05) is 13.2 Å². The molecule has 0 aromatic heterocycles. The third-order valence-electron chi connectivity index (χ3n) is 3.86. The zero-order valence-electron chi connectivity index (χ0n) is 8.71. The lowest BCUT2D eigenvalue weighted by Gasteiger charge is -2.35. The molecule has 2 rings (SSSR count). The third-order valence-corrected chi connectivity index (χ3v) is 3.86. The van der Waals surface area contributed by atoms with Crippen LogP contribution in [-0.4, -0.2) is 23.4 Å². The van der Waals surface area contributed by atoms with E-state index in [0.29, 0.717) is 11.8 Å². The van der Waals surface area contributed by atoms with E-state index in [1.165, 1.54) is 25.7 Å². The van der Waals surface area contributed by atoms with Crippen molar-refractivity contribution in [3.05, 3.63) is 11.1 Å². The molecular formula is C12H20O2. The number of aliphatic hydroxyl groups excluding tert-OH is 2. The minimum Gasteiger partial charge on any atom is -0.396 e. The van der Waals surface area contributed by atoms with E-state index in [4.69, 9.17) is 0 Å². The van der Waals surface area contributed by atoms with Crippen molar-refractivity contribution in [1.29, 1.82) is 0 Å². The molecule has 0 saturated carbocycles. The summed E-state index contributed by atoms with van der Waals surface area (Å²) in [5.41, 5.74) is 3.19. The summed E-state index contributed by atoms with van der Waals surface area (Å²) in [5, 5.41) is 18.5. The zero-order valence-corrected chi connectivity index (χ0v) is 8.71. The van der Waals surface area contributed by atoms with Crippen LogP contribution in [0, 0.1) is 11.8 Å². The molecule has 0 aromatic rings. The number of aliphatic hydroxyl groups is 2. The average molecular weight is 196 g/mol. The molecule has 2 aliphatic carbocycles. The Kier molecular flexibility index (Phi) is 3.24. The van der Waals surface area contributed by atoms with E-state index in [1.54, 1.807) is 11.1 Å². The van der Waals surface area contributed by atoms with Gasteiger partial charge in [0.15, 0.2) is 0 Å². The number of hydrogen-bond acceptors (Lipinski definition) is 2. The van der Waals surface area contributed by atoms with Gasteiger partial charge < -0.3 is 10.2 Å². The standard InChI is InChI=1S/C12H20O2/c13-7-11-5-9-3-1-2-4-10(9)6-12(11)8-14/h11-14H,1-8H2/t11-,12-/m1/s1. The van der Waals surface area contributed by atoms with Crippen molar-refractivity contribution >= 4 is 0 Å². The van der Waals surface area contributed by atoms with Crippen LogP contribution in [-0.2, 0) is 0 Å². The summed E-state index contributed by atoms with van der Waals surface area (Å²) in [6, 6.07) is 0. The fraction of sp³-hybridized carbons (Fsp3) is 0.833. The largest absolute Gasteiger partial charge is 0.396 e. The van der Waals surface area contributed by atoms with Crippen LogP contribution in [0.5, 0.6) is 0 Å². The SMILES string of the molecule is OC[C@H]1CC2=C(CCCC2)C[C@@H]1CO. The van der Waals surface area contributed by atoms with Gasteiger partial charge in [0.05, 0.1) is 0 Å². The maximum absolute atomic E-state index is 9.25. The Morgan fingerprint density at radius 2 is 1.29 bits per heavy atom. The smallest absolute Gasteiger partial charge is 0.0465 e. The minimum absolute atomic E-state index is 0.238. The minimum atomic E-state index is 0.238. The second-order valence-electron chi connectivity index (χ2n) is 4.71. The van der Waals surface area contributed by atoms with Crippen LogP contribution >= 0.6 is 0 Å². The Balaban J connectivity index is 2.11. The second-order valence-corrected chi connectivity index (χ2v) is 4.71. The molecule has 0 spiro atoms. The van der Waals surface area contributed by atoms with Crippen LogP contribution < -0.4 is 0 Å². The number of allylic oxidation sites excluding steroid dienone is 2.